The van der Waals surface area contributed by atoms with Crippen molar-refractivity contribution in [2.75, 3.05) is 33.0 Å². The van der Waals surface area contributed by atoms with Gasteiger partial charge in [-0.2, -0.15) is 0 Å². The standard InChI is InChI=1S/C26H37NO9/c1-5-32-22(29)25(4)35-17-19(18-36-25)13-11-12-16-26(23(30)33-6-2,24(31)34-7-3)27-21(28)20-14-9-8-10-15-20/h8-10,14-15,19H,5-7,11-13,16-18H2,1-4H3,(H,27,28)/t19-,25+. The molecule has 0 unspecified atom stereocenters. The lowest BCUT2D eigenvalue weighted by atomic mass is 9.90. The van der Waals surface area contributed by atoms with E-state index in [1.807, 2.05) is 0 Å². The van der Waals surface area contributed by atoms with Crippen LogP contribution in [0.2, 0.25) is 0 Å². The highest BCUT2D eigenvalue weighted by atomic mass is 16.7. The van der Waals surface area contributed by atoms with Gasteiger partial charge in [0.15, 0.2) is 0 Å². The van der Waals surface area contributed by atoms with Gasteiger partial charge < -0.3 is 29.0 Å². The number of carbonyl (C=O) groups excluding carboxylic acids is 4. The molecule has 1 N–H and O–H groups in total. The second kappa shape index (κ2) is 13.9. The monoisotopic (exact) mass is 507 g/mol. The zero-order valence-electron chi connectivity index (χ0n) is 21.5. The summed E-state index contributed by atoms with van der Waals surface area (Å²) >= 11 is 0. The van der Waals surface area contributed by atoms with E-state index in [0.717, 1.165) is 0 Å². The maximum absolute atomic E-state index is 13.0. The Morgan fingerprint density at radius 2 is 1.47 bits per heavy atom. The normalized spacial score (nSPS) is 19.7. The third-order valence-electron chi connectivity index (χ3n) is 5.86. The molecule has 1 heterocycles. The van der Waals surface area contributed by atoms with Gasteiger partial charge in [0.1, 0.15) is 0 Å². The molecular formula is C26H37NO9. The van der Waals surface area contributed by atoms with Gasteiger partial charge in [0.2, 0.25) is 5.54 Å². The van der Waals surface area contributed by atoms with Crippen LogP contribution in [0.1, 0.15) is 63.7 Å². The Kier molecular flexibility index (Phi) is 11.3. The highest BCUT2D eigenvalue weighted by Crippen LogP contribution is 2.27. The van der Waals surface area contributed by atoms with Gasteiger partial charge in [-0.05, 0) is 52.2 Å². The zero-order chi connectivity index (χ0) is 26.6. The van der Waals surface area contributed by atoms with Crippen LogP contribution in [0.4, 0.5) is 0 Å². The van der Waals surface area contributed by atoms with Crippen molar-refractivity contribution in [1.82, 2.24) is 5.32 Å². The predicted octanol–water partition coefficient (Wildman–Crippen LogP) is 2.78. The average molecular weight is 508 g/mol. The third kappa shape index (κ3) is 7.51. The molecule has 0 saturated carbocycles. The second-order valence-electron chi connectivity index (χ2n) is 8.57. The van der Waals surface area contributed by atoms with Crippen molar-refractivity contribution < 1.29 is 42.9 Å². The fraction of sp³-hybridized carbons (Fsp3) is 0.615. The molecule has 0 atom stereocenters. The van der Waals surface area contributed by atoms with Crippen LogP contribution in [0, 0.1) is 5.92 Å². The highest BCUT2D eigenvalue weighted by Gasteiger charge is 2.50. The molecule has 1 aliphatic heterocycles. The second-order valence-corrected chi connectivity index (χ2v) is 8.57. The number of ether oxygens (including phenoxy) is 5. The minimum Gasteiger partial charge on any atom is -0.464 e. The summed E-state index contributed by atoms with van der Waals surface area (Å²) in [5.74, 6) is -4.26. The summed E-state index contributed by atoms with van der Waals surface area (Å²) in [6.45, 7) is 7.41. The molecule has 0 spiro atoms. The van der Waals surface area contributed by atoms with Gasteiger partial charge in [-0.3, -0.25) is 4.79 Å². The van der Waals surface area contributed by atoms with Crippen LogP contribution in [0.25, 0.3) is 0 Å². The van der Waals surface area contributed by atoms with Crippen LogP contribution in [-0.2, 0) is 38.1 Å². The Bertz CT molecular complexity index is 861. The quantitative estimate of drug-likeness (QED) is 0.186. The average Bonchev–Trinajstić information content (AvgIpc) is 2.87. The molecule has 10 heteroatoms. The molecule has 0 aliphatic carbocycles. The summed E-state index contributed by atoms with van der Waals surface area (Å²) in [6.07, 6.45) is 1.68. The Labute approximate surface area is 211 Å². The summed E-state index contributed by atoms with van der Waals surface area (Å²) in [6, 6.07) is 8.31. The summed E-state index contributed by atoms with van der Waals surface area (Å²) < 4.78 is 26.6. The maximum Gasteiger partial charge on any atom is 0.366 e. The smallest absolute Gasteiger partial charge is 0.366 e. The molecule has 0 aromatic heterocycles. The Morgan fingerprint density at radius 1 is 0.917 bits per heavy atom. The topological polar surface area (TPSA) is 126 Å². The molecule has 0 radical (unpaired) electrons. The summed E-state index contributed by atoms with van der Waals surface area (Å²) in [4.78, 5) is 51.0. The van der Waals surface area contributed by atoms with Crippen LogP contribution in [0.15, 0.2) is 30.3 Å². The molecule has 0 bridgehead atoms. The minimum atomic E-state index is -1.97. The van der Waals surface area contributed by atoms with Gasteiger partial charge in [0, 0.05) is 18.4 Å². The van der Waals surface area contributed by atoms with Gasteiger partial charge in [-0.25, -0.2) is 14.4 Å². The number of unbranched alkanes of at least 4 members (excludes halogenated alkanes) is 1. The number of nitrogens with one attached hydrogen (secondary N) is 1. The van der Waals surface area contributed by atoms with Gasteiger partial charge >= 0.3 is 17.9 Å². The minimum absolute atomic E-state index is 0.00177. The first-order valence-corrected chi connectivity index (χ1v) is 12.4. The van der Waals surface area contributed by atoms with Crippen molar-refractivity contribution in [3.8, 4) is 0 Å². The van der Waals surface area contributed by atoms with Crippen molar-refractivity contribution in [3.05, 3.63) is 35.9 Å². The largest absolute Gasteiger partial charge is 0.464 e. The Hall–Kier alpha value is -2.98. The summed E-state index contributed by atoms with van der Waals surface area (Å²) in [7, 11) is 0. The van der Waals surface area contributed by atoms with E-state index >= 15 is 0 Å². The number of carbonyl (C=O) groups is 4. The van der Waals surface area contributed by atoms with Gasteiger partial charge in [0.05, 0.1) is 33.0 Å². The number of rotatable bonds is 13. The maximum atomic E-state index is 13.0. The van der Waals surface area contributed by atoms with Crippen LogP contribution < -0.4 is 5.32 Å². The van der Waals surface area contributed by atoms with Crippen molar-refractivity contribution in [2.24, 2.45) is 5.92 Å². The van der Waals surface area contributed by atoms with E-state index < -0.39 is 35.1 Å². The molecule has 1 aliphatic rings. The van der Waals surface area contributed by atoms with Crippen LogP contribution in [-0.4, -0.2) is 68.2 Å². The van der Waals surface area contributed by atoms with Crippen molar-refractivity contribution in [2.45, 2.75) is 64.7 Å². The lowest BCUT2D eigenvalue weighted by Gasteiger charge is -2.35. The summed E-state index contributed by atoms with van der Waals surface area (Å²) in [5.41, 5.74) is -1.67. The molecule has 1 aromatic carbocycles. The molecule has 1 aromatic rings. The zero-order valence-corrected chi connectivity index (χ0v) is 21.5. The number of esters is 3. The van der Waals surface area contributed by atoms with E-state index in [0.29, 0.717) is 38.0 Å². The first kappa shape index (κ1) is 29.3. The Morgan fingerprint density at radius 3 is 2.00 bits per heavy atom. The fourth-order valence-electron chi connectivity index (χ4n) is 3.83. The van der Waals surface area contributed by atoms with Gasteiger partial charge in [-0.1, -0.05) is 24.6 Å². The first-order valence-electron chi connectivity index (χ1n) is 12.4. The molecule has 1 amide bonds. The predicted molar refractivity (Wildman–Crippen MR) is 129 cm³/mol. The summed E-state index contributed by atoms with van der Waals surface area (Å²) in [5, 5.41) is 2.60. The number of hydrogen-bond acceptors (Lipinski definition) is 9. The molecule has 200 valence electrons. The van der Waals surface area contributed by atoms with Crippen molar-refractivity contribution >= 4 is 23.8 Å². The fourth-order valence-corrected chi connectivity index (χ4v) is 3.83. The molecule has 1 saturated heterocycles. The molecule has 10 nitrogen and oxygen atoms in total. The van der Waals surface area contributed by atoms with E-state index in [1.165, 1.54) is 6.92 Å². The number of amides is 1. The van der Waals surface area contributed by atoms with Crippen LogP contribution in [0.5, 0.6) is 0 Å². The lowest BCUT2D eigenvalue weighted by Crippen LogP contribution is -2.61. The lowest BCUT2D eigenvalue weighted by molar-refractivity contribution is -0.274. The van der Waals surface area contributed by atoms with Crippen LogP contribution in [0.3, 0.4) is 0 Å². The van der Waals surface area contributed by atoms with Crippen molar-refractivity contribution in [3.63, 3.8) is 0 Å². The highest BCUT2D eigenvalue weighted by molar-refractivity contribution is 6.10. The molecular weight excluding hydrogens is 470 g/mol. The molecule has 2 rings (SSSR count). The van der Waals surface area contributed by atoms with E-state index in [-0.39, 0.29) is 32.2 Å². The third-order valence-corrected chi connectivity index (χ3v) is 5.86. The first-order chi connectivity index (χ1) is 17.2. The van der Waals surface area contributed by atoms with Crippen molar-refractivity contribution in [1.29, 1.82) is 0 Å². The van der Waals surface area contributed by atoms with E-state index in [4.69, 9.17) is 23.7 Å². The van der Waals surface area contributed by atoms with Gasteiger partial charge in [0.25, 0.3) is 11.7 Å². The Balaban J connectivity index is 2.05. The number of hydrogen-bond donors (Lipinski definition) is 1. The SMILES string of the molecule is CCOC(=O)C(CCCC[C@H]1CO[C@@](C)(C(=O)OCC)OC1)(NC(=O)c1ccccc1)C(=O)OCC. The van der Waals surface area contributed by atoms with Crippen LogP contribution >= 0.6 is 0 Å². The van der Waals surface area contributed by atoms with E-state index in [2.05, 4.69) is 5.32 Å². The number of benzene rings is 1. The van der Waals surface area contributed by atoms with E-state index in [9.17, 15) is 19.2 Å². The molecule has 36 heavy (non-hydrogen) atoms. The van der Waals surface area contributed by atoms with Gasteiger partial charge in [-0.15, -0.1) is 0 Å². The molecule has 1 fully saturated rings. The van der Waals surface area contributed by atoms with E-state index in [1.54, 1.807) is 51.1 Å².